The van der Waals surface area contributed by atoms with Gasteiger partial charge in [0.2, 0.25) is 5.91 Å². The monoisotopic (exact) mass is 504 g/mol. The number of anilines is 1. The number of halogens is 3. The summed E-state index contributed by atoms with van der Waals surface area (Å²) in [4.78, 5) is 24.7. The number of aromatic nitrogens is 2. The molecular formula is C24H27F3N6O3. The lowest BCUT2D eigenvalue weighted by molar-refractivity contribution is -0.118. The number of nitrogens with one attached hydrogen (secondary N) is 2. The number of carbonyl (C=O) groups excluding carboxylic acids is 2. The van der Waals surface area contributed by atoms with Gasteiger partial charge < -0.3 is 26.8 Å². The van der Waals surface area contributed by atoms with Gasteiger partial charge in [0.25, 0.3) is 11.8 Å². The van der Waals surface area contributed by atoms with Crippen molar-refractivity contribution < 1.29 is 27.5 Å². The van der Waals surface area contributed by atoms with Gasteiger partial charge in [-0.3, -0.25) is 9.59 Å². The molecule has 1 aromatic carbocycles. The number of ether oxygens (including phenoxy) is 1. The van der Waals surface area contributed by atoms with Gasteiger partial charge in [-0.05, 0) is 24.1 Å². The second kappa shape index (κ2) is 10.2. The van der Waals surface area contributed by atoms with Crippen molar-refractivity contribution in [3.05, 3.63) is 58.9 Å². The van der Waals surface area contributed by atoms with E-state index in [1.54, 1.807) is 24.3 Å². The zero-order chi connectivity index (χ0) is 26.0. The van der Waals surface area contributed by atoms with E-state index in [1.165, 1.54) is 13.2 Å². The van der Waals surface area contributed by atoms with E-state index in [4.69, 9.17) is 16.2 Å². The molecule has 2 aromatic rings. The van der Waals surface area contributed by atoms with Crippen LogP contribution in [-0.2, 0) is 16.1 Å². The molecule has 0 spiro atoms. The number of hydrogen-bond donors (Lipinski definition) is 4. The molecule has 36 heavy (non-hydrogen) atoms. The largest absolute Gasteiger partial charge is 0.383 e. The second-order valence-electron chi connectivity index (χ2n) is 8.68. The van der Waals surface area contributed by atoms with Crippen LogP contribution in [0.5, 0.6) is 0 Å². The normalized spacial score (nSPS) is 21.4. The molecular weight excluding hydrogens is 477 g/mol. The van der Waals surface area contributed by atoms with Gasteiger partial charge in [-0.2, -0.15) is 5.10 Å². The predicted octanol–water partition coefficient (Wildman–Crippen LogP) is 2.22. The van der Waals surface area contributed by atoms with E-state index >= 15 is 0 Å². The third kappa shape index (κ3) is 5.00. The molecule has 1 saturated heterocycles. The molecule has 0 saturated carbocycles. The van der Waals surface area contributed by atoms with Crippen LogP contribution in [-0.4, -0.2) is 53.8 Å². The van der Waals surface area contributed by atoms with Crippen molar-refractivity contribution >= 4 is 17.6 Å². The van der Waals surface area contributed by atoms with Crippen molar-refractivity contribution in [1.82, 2.24) is 20.4 Å². The van der Waals surface area contributed by atoms with Crippen LogP contribution in [0.1, 0.15) is 34.8 Å². The number of primary amides is 1. The summed E-state index contributed by atoms with van der Waals surface area (Å²) in [5.41, 5.74) is 12.8. The minimum absolute atomic E-state index is 0.0603. The Morgan fingerprint density at radius 1 is 1.31 bits per heavy atom. The third-order valence-corrected chi connectivity index (χ3v) is 6.34. The third-order valence-electron chi connectivity index (χ3n) is 6.34. The van der Waals surface area contributed by atoms with Gasteiger partial charge in [0.05, 0.1) is 6.10 Å². The van der Waals surface area contributed by atoms with E-state index in [9.17, 15) is 22.8 Å². The van der Waals surface area contributed by atoms with Crippen LogP contribution >= 0.6 is 0 Å². The number of alkyl halides is 2. The fraction of sp³-hybridized carbons (Fsp3) is 0.375. The SMILES string of the molecule is COC1CC=C(F)C=C1C(=O)NCc1ccc(-c2nn(C3CNCCC3(F)F)c(N)c2C(N)=O)cc1. The van der Waals surface area contributed by atoms with Crippen molar-refractivity contribution in [3.63, 3.8) is 0 Å². The summed E-state index contributed by atoms with van der Waals surface area (Å²) in [6.45, 7) is 0.236. The highest BCUT2D eigenvalue weighted by atomic mass is 19.3. The average molecular weight is 505 g/mol. The number of hydrogen-bond acceptors (Lipinski definition) is 6. The number of nitrogens with zero attached hydrogens (tertiary/aromatic N) is 2. The van der Waals surface area contributed by atoms with Crippen molar-refractivity contribution in [2.24, 2.45) is 5.73 Å². The summed E-state index contributed by atoms with van der Waals surface area (Å²) in [5, 5.41) is 9.87. The van der Waals surface area contributed by atoms with Crippen LogP contribution in [0.4, 0.5) is 19.0 Å². The number of nitrogens with two attached hydrogens (primary N) is 2. The molecule has 2 aliphatic rings. The highest BCUT2D eigenvalue weighted by Crippen LogP contribution is 2.38. The first-order valence-electron chi connectivity index (χ1n) is 11.4. The number of amides is 2. The summed E-state index contributed by atoms with van der Waals surface area (Å²) in [5.74, 6) is -5.13. The van der Waals surface area contributed by atoms with Crippen LogP contribution in [0.15, 0.2) is 47.8 Å². The van der Waals surface area contributed by atoms with Crippen LogP contribution in [0.2, 0.25) is 0 Å². The van der Waals surface area contributed by atoms with E-state index in [0.29, 0.717) is 11.1 Å². The number of carbonyl (C=O) groups is 2. The standard InChI is InChI=1S/C24H27F3N6O3/c1-36-17-7-6-15(25)10-16(17)23(35)31-11-13-2-4-14(5-3-13)20-19(22(29)34)21(28)33(32-20)18-12-30-9-8-24(18,26)27/h2-6,10,17-18,30H,7-9,11-12,28H2,1H3,(H2,29,34)(H,31,35). The van der Waals surface area contributed by atoms with E-state index in [-0.39, 0.29) is 55.1 Å². The number of nitrogen functional groups attached to an aromatic ring is 1. The maximum atomic E-state index is 14.5. The molecule has 4 rings (SSSR count). The van der Waals surface area contributed by atoms with Crippen LogP contribution in [0, 0.1) is 0 Å². The van der Waals surface area contributed by atoms with Crippen LogP contribution < -0.4 is 22.1 Å². The summed E-state index contributed by atoms with van der Waals surface area (Å²) >= 11 is 0. The molecule has 2 atom stereocenters. The van der Waals surface area contributed by atoms with Gasteiger partial charge >= 0.3 is 0 Å². The summed E-state index contributed by atoms with van der Waals surface area (Å²) < 4.78 is 48.9. The lowest BCUT2D eigenvalue weighted by Gasteiger charge is -2.32. The van der Waals surface area contributed by atoms with Gasteiger partial charge in [-0.1, -0.05) is 24.3 Å². The van der Waals surface area contributed by atoms with E-state index in [1.807, 2.05) is 0 Å². The molecule has 0 radical (unpaired) electrons. The molecule has 1 fully saturated rings. The number of methoxy groups -OCH3 is 1. The van der Waals surface area contributed by atoms with Crippen molar-refractivity contribution in [2.45, 2.75) is 37.5 Å². The lowest BCUT2D eigenvalue weighted by Crippen LogP contribution is -2.46. The summed E-state index contributed by atoms with van der Waals surface area (Å²) in [6.07, 6.45) is 1.84. The first-order valence-corrected chi connectivity index (χ1v) is 11.4. The topological polar surface area (TPSA) is 137 Å². The number of allylic oxidation sites excluding steroid dienone is 2. The minimum atomic E-state index is -3.06. The smallest absolute Gasteiger partial charge is 0.272 e. The summed E-state index contributed by atoms with van der Waals surface area (Å²) in [7, 11) is 1.45. The molecule has 1 aliphatic carbocycles. The Morgan fingerprint density at radius 3 is 2.67 bits per heavy atom. The quantitative estimate of drug-likeness (QED) is 0.456. The molecule has 2 unspecified atom stereocenters. The van der Waals surface area contributed by atoms with Crippen molar-refractivity contribution in [1.29, 1.82) is 0 Å². The van der Waals surface area contributed by atoms with E-state index in [0.717, 1.165) is 10.8 Å². The van der Waals surface area contributed by atoms with Gasteiger partial charge in [-0.25, -0.2) is 17.9 Å². The van der Waals surface area contributed by atoms with E-state index < -0.39 is 35.7 Å². The Bertz CT molecular complexity index is 1220. The zero-order valence-electron chi connectivity index (χ0n) is 19.6. The number of rotatable bonds is 7. The Kier molecular flexibility index (Phi) is 7.18. The fourth-order valence-corrected chi connectivity index (χ4v) is 4.35. The first kappa shape index (κ1) is 25.5. The van der Waals surface area contributed by atoms with Gasteiger partial charge in [0, 0.05) is 44.3 Å². The Balaban J connectivity index is 1.54. The van der Waals surface area contributed by atoms with Crippen molar-refractivity contribution in [2.75, 3.05) is 25.9 Å². The molecule has 2 heterocycles. The number of piperidine rings is 1. The fourth-order valence-electron chi connectivity index (χ4n) is 4.35. The highest BCUT2D eigenvalue weighted by molar-refractivity contribution is 6.03. The Morgan fingerprint density at radius 2 is 2.03 bits per heavy atom. The Labute approximate surface area is 205 Å². The molecule has 6 N–H and O–H groups in total. The molecule has 2 amide bonds. The molecule has 0 bridgehead atoms. The molecule has 1 aliphatic heterocycles. The maximum absolute atomic E-state index is 14.5. The van der Waals surface area contributed by atoms with Crippen molar-refractivity contribution in [3.8, 4) is 11.3 Å². The minimum Gasteiger partial charge on any atom is -0.383 e. The molecule has 1 aromatic heterocycles. The molecule has 12 heteroatoms. The average Bonchev–Trinajstić information content (AvgIpc) is 3.19. The highest BCUT2D eigenvalue weighted by Gasteiger charge is 2.45. The number of benzene rings is 1. The van der Waals surface area contributed by atoms with Crippen LogP contribution in [0.25, 0.3) is 11.3 Å². The van der Waals surface area contributed by atoms with Gasteiger partial charge in [-0.15, -0.1) is 0 Å². The van der Waals surface area contributed by atoms with E-state index in [2.05, 4.69) is 15.7 Å². The zero-order valence-corrected chi connectivity index (χ0v) is 19.6. The van der Waals surface area contributed by atoms with Gasteiger partial charge in [0.1, 0.15) is 28.9 Å². The molecule has 9 nitrogen and oxygen atoms in total. The first-order chi connectivity index (χ1) is 17.1. The maximum Gasteiger partial charge on any atom is 0.272 e. The lowest BCUT2D eigenvalue weighted by atomic mass is 10.00. The predicted molar refractivity (Wildman–Crippen MR) is 127 cm³/mol. The molecule has 192 valence electrons. The summed E-state index contributed by atoms with van der Waals surface area (Å²) in [6, 6.07) is 5.23. The second-order valence-corrected chi connectivity index (χ2v) is 8.68. The van der Waals surface area contributed by atoms with Crippen LogP contribution in [0.3, 0.4) is 0 Å². The van der Waals surface area contributed by atoms with Gasteiger partial charge in [0.15, 0.2) is 0 Å². The Hall–Kier alpha value is -3.64.